The van der Waals surface area contributed by atoms with E-state index in [9.17, 15) is 43.2 Å². The van der Waals surface area contributed by atoms with Crippen molar-refractivity contribution < 1.29 is 80.2 Å². The Balaban J connectivity index is 5.18. The predicted molar refractivity (Wildman–Crippen MR) is 395 cm³/mol. The minimum absolute atomic E-state index is 0.0973. The summed E-state index contributed by atoms with van der Waals surface area (Å²) in [5, 5.41) is 10.6. The maximum atomic E-state index is 13.1. The van der Waals surface area contributed by atoms with Gasteiger partial charge in [0.15, 0.2) is 12.2 Å². The molecule has 572 valence electrons. The molecule has 0 aromatic heterocycles. The number of esters is 4. The molecule has 0 saturated heterocycles. The maximum Gasteiger partial charge on any atom is 0.472 e. The lowest BCUT2D eigenvalue weighted by atomic mass is 9.99. The van der Waals surface area contributed by atoms with Crippen LogP contribution < -0.4 is 0 Å². The molecular weight excluding hydrogens is 1270 g/mol. The molecule has 0 saturated carbocycles. The molecule has 0 spiro atoms. The van der Waals surface area contributed by atoms with Gasteiger partial charge in [-0.2, -0.15) is 0 Å². The molecular formula is C78H148O17P2. The molecule has 0 radical (unpaired) electrons. The summed E-state index contributed by atoms with van der Waals surface area (Å²) in [6.07, 6.45) is 58.0. The minimum atomic E-state index is -4.96. The Morgan fingerprint density at radius 1 is 0.340 bits per heavy atom. The molecule has 19 heteroatoms. The number of unbranched alkanes of at least 4 members (excludes halogenated alkanes) is 38. The number of rotatable bonds is 74. The largest absolute Gasteiger partial charge is 0.472 e. The fourth-order valence-corrected chi connectivity index (χ4v) is 13.0. The first-order valence-electron chi connectivity index (χ1n) is 39.7. The van der Waals surface area contributed by atoms with Crippen LogP contribution in [0.15, 0.2) is 24.3 Å². The van der Waals surface area contributed by atoms with Gasteiger partial charge in [0.1, 0.15) is 19.3 Å². The van der Waals surface area contributed by atoms with E-state index in [0.29, 0.717) is 37.5 Å². The van der Waals surface area contributed by atoms with Crippen LogP contribution in [0.25, 0.3) is 0 Å². The van der Waals surface area contributed by atoms with Gasteiger partial charge >= 0.3 is 39.5 Å². The molecule has 0 amide bonds. The highest BCUT2D eigenvalue weighted by molar-refractivity contribution is 7.47. The highest BCUT2D eigenvalue weighted by atomic mass is 31.2. The molecule has 0 aromatic rings. The molecule has 3 unspecified atom stereocenters. The van der Waals surface area contributed by atoms with Crippen LogP contribution in [0.3, 0.4) is 0 Å². The van der Waals surface area contributed by atoms with Crippen LogP contribution in [0.2, 0.25) is 0 Å². The Morgan fingerprint density at radius 2 is 0.608 bits per heavy atom. The number of hydrogen-bond acceptors (Lipinski definition) is 15. The van der Waals surface area contributed by atoms with Crippen LogP contribution >= 0.6 is 15.6 Å². The topological polar surface area (TPSA) is 237 Å². The Labute approximate surface area is 592 Å². The second kappa shape index (κ2) is 68.0. The van der Waals surface area contributed by atoms with Gasteiger partial charge in [-0.1, -0.05) is 323 Å². The molecule has 6 atom stereocenters. The van der Waals surface area contributed by atoms with E-state index in [1.165, 1.54) is 161 Å². The van der Waals surface area contributed by atoms with Gasteiger partial charge < -0.3 is 33.8 Å². The van der Waals surface area contributed by atoms with E-state index in [-0.39, 0.29) is 25.7 Å². The molecule has 0 heterocycles. The van der Waals surface area contributed by atoms with Crippen molar-refractivity contribution in [2.45, 2.75) is 394 Å². The second-order valence-electron chi connectivity index (χ2n) is 28.6. The summed E-state index contributed by atoms with van der Waals surface area (Å²) < 4.78 is 68.4. The smallest absolute Gasteiger partial charge is 0.462 e. The van der Waals surface area contributed by atoms with Crippen LogP contribution in [0, 0.1) is 17.8 Å². The molecule has 0 aromatic carbocycles. The zero-order chi connectivity index (χ0) is 71.6. The van der Waals surface area contributed by atoms with Crippen molar-refractivity contribution in [2.75, 3.05) is 39.6 Å². The van der Waals surface area contributed by atoms with E-state index in [0.717, 1.165) is 121 Å². The Hall–Kier alpha value is -2.46. The Morgan fingerprint density at radius 3 is 0.918 bits per heavy atom. The highest BCUT2D eigenvalue weighted by Gasteiger charge is 2.30. The summed E-state index contributed by atoms with van der Waals surface area (Å²) >= 11 is 0. The molecule has 0 fully saturated rings. The maximum absolute atomic E-state index is 13.1. The molecule has 17 nitrogen and oxygen atoms in total. The summed E-state index contributed by atoms with van der Waals surface area (Å²) in [7, 11) is -9.92. The van der Waals surface area contributed by atoms with Gasteiger partial charge in [-0.15, -0.1) is 0 Å². The highest BCUT2D eigenvalue weighted by Crippen LogP contribution is 2.45. The number of allylic oxidation sites excluding steroid dienone is 4. The van der Waals surface area contributed by atoms with E-state index in [1.807, 2.05) is 0 Å². The quantitative estimate of drug-likeness (QED) is 0.0169. The molecule has 0 aliphatic heterocycles. The lowest BCUT2D eigenvalue weighted by Gasteiger charge is -2.21. The number of aliphatic hydroxyl groups excluding tert-OH is 1. The summed E-state index contributed by atoms with van der Waals surface area (Å²) in [6.45, 7) is 11.8. The van der Waals surface area contributed by atoms with Crippen LogP contribution in [-0.2, 0) is 65.4 Å². The summed E-state index contributed by atoms with van der Waals surface area (Å²) in [6, 6.07) is 0. The third kappa shape index (κ3) is 70.4. The Kier molecular flexibility index (Phi) is 66.3. The van der Waals surface area contributed by atoms with Crippen LogP contribution in [0.1, 0.15) is 376 Å². The van der Waals surface area contributed by atoms with Crippen molar-refractivity contribution in [1.29, 1.82) is 0 Å². The second-order valence-corrected chi connectivity index (χ2v) is 31.5. The van der Waals surface area contributed by atoms with Crippen molar-refractivity contribution in [3.8, 4) is 0 Å². The van der Waals surface area contributed by atoms with Gasteiger partial charge in [0.2, 0.25) is 0 Å². The molecule has 0 rings (SSSR count). The van der Waals surface area contributed by atoms with Gasteiger partial charge in [-0.25, -0.2) is 9.13 Å². The first-order chi connectivity index (χ1) is 46.8. The number of ether oxygens (including phenoxy) is 4. The van der Waals surface area contributed by atoms with Crippen molar-refractivity contribution in [2.24, 2.45) is 17.8 Å². The number of hydrogen-bond donors (Lipinski definition) is 3. The standard InChI is InChI=1S/C78H148O17P2/c1-8-10-11-12-13-14-15-16-21-25-28-31-37-45-52-59-75(80)88-65-73(95-78(83)62-55-48-39-34-33-35-42-49-56-69(3)4)67-92-96(84,85)90-63-72(79)64-91-97(86,87)93-68-74(66-89-76(81)60-53-46-41-40-43-50-57-70(5)6)94-77(82)61-54-47-38-32-29-26-23-20-18-17-19-22-24-27-30-36-44-51-58-71(7)9-2/h14-16,21,69-74,79H,8-13,17-20,22-68H2,1-7H3,(H,84,85)(H,86,87)/b15-14-,21-16-/t71?,72-,73-,74-/m1/s1. The average Bonchev–Trinajstić information content (AvgIpc) is 1.18. The van der Waals surface area contributed by atoms with E-state index < -0.39 is 97.5 Å². The molecule has 0 aliphatic carbocycles. The monoisotopic (exact) mass is 1420 g/mol. The zero-order valence-electron chi connectivity index (χ0n) is 63.0. The number of phosphoric acid groups is 2. The van der Waals surface area contributed by atoms with Crippen molar-refractivity contribution >= 4 is 39.5 Å². The third-order valence-corrected chi connectivity index (χ3v) is 19.8. The van der Waals surface area contributed by atoms with E-state index in [2.05, 4.69) is 72.8 Å². The average molecular weight is 1420 g/mol. The molecule has 97 heavy (non-hydrogen) atoms. The number of aliphatic hydroxyl groups is 1. The first-order valence-corrected chi connectivity index (χ1v) is 42.7. The fourth-order valence-electron chi connectivity index (χ4n) is 11.4. The van der Waals surface area contributed by atoms with E-state index >= 15 is 0 Å². The van der Waals surface area contributed by atoms with Crippen LogP contribution in [0.5, 0.6) is 0 Å². The van der Waals surface area contributed by atoms with Crippen molar-refractivity contribution in [3.05, 3.63) is 24.3 Å². The lowest BCUT2D eigenvalue weighted by Crippen LogP contribution is -2.30. The van der Waals surface area contributed by atoms with E-state index in [1.54, 1.807) is 0 Å². The minimum Gasteiger partial charge on any atom is -0.462 e. The van der Waals surface area contributed by atoms with Crippen LogP contribution in [0.4, 0.5) is 0 Å². The molecule has 3 N–H and O–H groups in total. The van der Waals surface area contributed by atoms with Gasteiger partial charge in [0.05, 0.1) is 26.4 Å². The summed E-state index contributed by atoms with van der Waals surface area (Å²) in [5.74, 6) is 0.111. The van der Waals surface area contributed by atoms with Gasteiger partial charge in [-0.3, -0.25) is 37.3 Å². The fraction of sp³-hybridized carbons (Fsp3) is 0.897. The van der Waals surface area contributed by atoms with Gasteiger partial charge in [0, 0.05) is 25.7 Å². The number of carbonyl (C=O) groups excluding carboxylic acids is 4. The third-order valence-electron chi connectivity index (χ3n) is 17.9. The predicted octanol–water partition coefficient (Wildman–Crippen LogP) is 22.5. The van der Waals surface area contributed by atoms with Gasteiger partial charge in [0.25, 0.3) is 0 Å². The number of carbonyl (C=O) groups is 4. The summed E-state index contributed by atoms with van der Waals surface area (Å²) in [5.41, 5.74) is 0. The normalized spacial score (nSPS) is 14.5. The zero-order valence-corrected chi connectivity index (χ0v) is 64.8. The molecule has 0 aliphatic rings. The lowest BCUT2D eigenvalue weighted by molar-refractivity contribution is -0.161. The van der Waals surface area contributed by atoms with Crippen LogP contribution in [-0.4, -0.2) is 96.7 Å². The van der Waals surface area contributed by atoms with Crippen molar-refractivity contribution in [1.82, 2.24) is 0 Å². The number of phosphoric ester groups is 2. The van der Waals surface area contributed by atoms with Crippen molar-refractivity contribution in [3.63, 3.8) is 0 Å². The Bertz CT molecular complexity index is 1980. The SMILES string of the molecule is CCCCCC/C=C\C=C/CCCCCCCC(=O)OC[C@H](COP(=O)(O)OC[C@@H](O)COP(=O)(O)OC[C@@H](COC(=O)CCCCCCCCC(C)C)OC(=O)CCCCCCCCCCCCCCCCCCCCC(C)CC)OC(=O)CCCCCCCCCCC(C)C. The molecule has 0 bridgehead atoms. The first kappa shape index (κ1) is 94.5. The van der Waals surface area contributed by atoms with E-state index in [4.69, 9.17) is 37.0 Å². The van der Waals surface area contributed by atoms with Gasteiger partial charge in [-0.05, 0) is 69.1 Å². The summed E-state index contributed by atoms with van der Waals surface area (Å²) in [4.78, 5) is 72.7.